The summed E-state index contributed by atoms with van der Waals surface area (Å²) in [5.41, 5.74) is 12.4. The molecule has 1 fully saturated rings. The Morgan fingerprint density at radius 1 is 0.652 bits per heavy atom. The SMILES string of the molecule is CN(Cc1c2ccccc2cc2ccccc12)CC1OC(c2ccc(CN)cc2)OC(c2ccc(CO)cc2)C1c1ccccc1. The van der Waals surface area contributed by atoms with Gasteiger partial charge in [-0.05, 0) is 62.5 Å². The number of nitrogens with zero attached hydrogens (tertiary/aromatic N) is 1. The van der Waals surface area contributed by atoms with E-state index in [0.29, 0.717) is 13.1 Å². The minimum absolute atomic E-state index is 0.00339. The minimum Gasteiger partial charge on any atom is -0.392 e. The standard InChI is InChI=1S/C41H40N2O3/c1-43(25-37-35-13-7-5-11-33(35)23-34-12-6-8-14-36(34)37)26-38-39(30-9-3-2-4-10-30)40(31-19-17-29(27-44)18-20-31)46-41(45-38)32-21-15-28(24-42)16-22-32/h2-23,38-41,44H,24-27,42H2,1H3. The predicted molar refractivity (Wildman–Crippen MR) is 185 cm³/mol. The molecule has 0 aliphatic carbocycles. The smallest absolute Gasteiger partial charge is 0.184 e. The van der Waals surface area contributed by atoms with Gasteiger partial charge in [0.1, 0.15) is 0 Å². The van der Waals surface area contributed by atoms with Crippen molar-refractivity contribution in [1.29, 1.82) is 0 Å². The molecule has 0 saturated carbocycles. The Bertz CT molecular complexity index is 1850. The zero-order valence-corrected chi connectivity index (χ0v) is 26.1. The lowest BCUT2D eigenvalue weighted by Crippen LogP contribution is -2.43. The van der Waals surface area contributed by atoms with E-state index < -0.39 is 6.29 Å². The largest absolute Gasteiger partial charge is 0.392 e. The molecule has 46 heavy (non-hydrogen) atoms. The average molecular weight is 609 g/mol. The van der Waals surface area contributed by atoms with Gasteiger partial charge in [-0.2, -0.15) is 0 Å². The third-order valence-corrected chi connectivity index (χ3v) is 9.26. The molecule has 0 bridgehead atoms. The molecule has 5 nitrogen and oxygen atoms in total. The van der Waals surface area contributed by atoms with E-state index in [9.17, 15) is 5.11 Å². The van der Waals surface area contributed by atoms with E-state index >= 15 is 0 Å². The van der Waals surface area contributed by atoms with E-state index in [0.717, 1.165) is 28.8 Å². The van der Waals surface area contributed by atoms with Crippen molar-refractivity contribution in [3.05, 3.63) is 167 Å². The van der Waals surface area contributed by atoms with Crippen molar-refractivity contribution in [3.63, 3.8) is 0 Å². The highest BCUT2D eigenvalue weighted by molar-refractivity contribution is 6.02. The molecule has 4 unspecified atom stereocenters. The van der Waals surface area contributed by atoms with Crippen molar-refractivity contribution >= 4 is 21.5 Å². The summed E-state index contributed by atoms with van der Waals surface area (Å²) in [6.07, 6.45) is -0.991. The Morgan fingerprint density at radius 2 is 1.24 bits per heavy atom. The van der Waals surface area contributed by atoms with Crippen LogP contribution in [0, 0.1) is 0 Å². The number of nitrogens with two attached hydrogens (primary N) is 1. The van der Waals surface area contributed by atoms with Gasteiger partial charge in [-0.1, -0.05) is 127 Å². The van der Waals surface area contributed by atoms with Gasteiger partial charge in [0.25, 0.3) is 0 Å². The Hall–Kier alpha value is -4.36. The van der Waals surface area contributed by atoms with Crippen LogP contribution in [-0.2, 0) is 29.2 Å². The Morgan fingerprint density at radius 3 is 1.87 bits per heavy atom. The topological polar surface area (TPSA) is 68.0 Å². The van der Waals surface area contributed by atoms with Gasteiger partial charge in [0.2, 0.25) is 0 Å². The summed E-state index contributed by atoms with van der Waals surface area (Å²) in [5, 5.41) is 14.8. The molecule has 0 spiro atoms. The van der Waals surface area contributed by atoms with E-state index in [2.05, 4.69) is 115 Å². The van der Waals surface area contributed by atoms with Gasteiger partial charge in [0.15, 0.2) is 6.29 Å². The molecule has 0 radical (unpaired) electrons. The van der Waals surface area contributed by atoms with Crippen LogP contribution in [0.3, 0.4) is 0 Å². The predicted octanol–water partition coefficient (Wildman–Crippen LogP) is 8.02. The number of likely N-dealkylation sites (N-methyl/N-ethyl adjacent to an activating group) is 1. The van der Waals surface area contributed by atoms with Gasteiger partial charge in [0, 0.05) is 31.1 Å². The van der Waals surface area contributed by atoms with Crippen LogP contribution in [0.5, 0.6) is 0 Å². The van der Waals surface area contributed by atoms with Crippen molar-refractivity contribution in [2.45, 2.75) is 44.1 Å². The molecule has 1 aliphatic heterocycles. The quantitative estimate of drug-likeness (QED) is 0.163. The fourth-order valence-corrected chi connectivity index (χ4v) is 6.90. The number of ether oxygens (including phenoxy) is 2. The van der Waals surface area contributed by atoms with Crippen LogP contribution in [0.1, 0.15) is 51.7 Å². The molecule has 1 heterocycles. The zero-order valence-electron chi connectivity index (χ0n) is 26.1. The zero-order chi connectivity index (χ0) is 31.5. The van der Waals surface area contributed by atoms with Gasteiger partial charge in [-0.3, -0.25) is 4.90 Å². The molecule has 0 amide bonds. The van der Waals surface area contributed by atoms with E-state index in [-0.39, 0.29) is 24.7 Å². The third kappa shape index (κ3) is 6.21. The number of rotatable bonds is 9. The second-order valence-electron chi connectivity index (χ2n) is 12.3. The van der Waals surface area contributed by atoms with Crippen LogP contribution in [0.2, 0.25) is 0 Å². The van der Waals surface area contributed by atoms with Crippen molar-refractivity contribution in [2.24, 2.45) is 5.73 Å². The Kier molecular flexibility index (Phi) is 8.93. The summed E-state index contributed by atoms with van der Waals surface area (Å²) in [6, 6.07) is 46.5. The monoisotopic (exact) mass is 608 g/mol. The lowest BCUT2D eigenvalue weighted by molar-refractivity contribution is -0.263. The van der Waals surface area contributed by atoms with E-state index in [1.165, 1.54) is 32.7 Å². The van der Waals surface area contributed by atoms with E-state index in [1.807, 2.05) is 30.3 Å². The summed E-state index contributed by atoms with van der Waals surface area (Å²) >= 11 is 0. The van der Waals surface area contributed by atoms with Crippen molar-refractivity contribution in [2.75, 3.05) is 13.6 Å². The van der Waals surface area contributed by atoms with Crippen LogP contribution in [0.4, 0.5) is 0 Å². The molecule has 1 saturated heterocycles. The highest BCUT2D eigenvalue weighted by Gasteiger charge is 2.42. The minimum atomic E-state index is -0.550. The van der Waals surface area contributed by atoms with Gasteiger partial charge in [-0.25, -0.2) is 0 Å². The first-order chi connectivity index (χ1) is 22.6. The first-order valence-corrected chi connectivity index (χ1v) is 16.0. The summed E-state index contributed by atoms with van der Waals surface area (Å²) in [5.74, 6) is -0.0625. The molecule has 3 N–H and O–H groups in total. The maximum Gasteiger partial charge on any atom is 0.184 e. The van der Waals surface area contributed by atoms with Crippen LogP contribution in [0.25, 0.3) is 21.5 Å². The number of benzene rings is 6. The molecule has 7 rings (SSSR count). The molecule has 1 aliphatic rings. The number of hydrogen-bond acceptors (Lipinski definition) is 5. The first kappa shape index (κ1) is 30.3. The van der Waals surface area contributed by atoms with E-state index in [4.69, 9.17) is 15.2 Å². The van der Waals surface area contributed by atoms with Gasteiger partial charge < -0.3 is 20.3 Å². The molecule has 4 atom stereocenters. The summed E-state index contributed by atoms with van der Waals surface area (Å²) < 4.78 is 13.8. The lowest BCUT2D eigenvalue weighted by Gasteiger charge is -2.44. The summed E-state index contributed by atoms with van der Waals surface area (Å²) in [4.78, 5) is 2.39. The second kappa shape index (κ2) is 13.6. The normalized spacial score (nSPS) is 20.0. The van der Waals surface area contributed by atoms with Crippen molar-refractivity contribution in [3.8, 4) is 0 Å². The fourth-order valence-electron chi connectivity index (χ4n) is 6.90. The average Bonchev–Trinajstić information content (AvgIpc) is 3.11. The lowest BCUT2D eigenvalue weighted by atomic mass is 9.83. The maximum atomic E-state index is 9.73. The van der Waals surface area contributed by atoms with Gasteiger partial charge in [0.05, 0.1) is 18.8 Å². The Balaban J connectivity index is 1.28. The number of fused-ring (bicyclic) bond motifs is 2. The van der Waals surface area contributed by atoms with Gasteiger partial charge >= 0.3 is 0 Å². The first-order valence-electron chi connectivity index (χ1n) is 16.0. The molecule has 6 aromatic carbocycles. The third-order valence-electron chi connectivity index (χ3n) is 9.26. The van der Waals surface area contributed by atoms with Crippen LogP contribution >= 0.6 is 0 Å². The molecule has 232 valence electrons. The molecule has 0 aromatic heterocycles. The molecular formula is C41H40N2O3. The van der Waals surface area contributed by atoms with Crippen molar-refractivity contribution < 1.29 is 14.6 Å². The van der Waals surface area contributed by atoms with Crippen LogP contribution in [-0.4, -0.2) is 29.7 Å². The van der Waals surface area contributed by atoms with E-state index in [1.54, 1.807) is 0 Å². The number of aliphatic hydroxyl groups excluding tert-OH is 1. The number of hydrogen-bond donors (Lipinski definition) is 2. The number of aliphatic hydroxyl groups is 1. The second-order valence-corrected chi connectivity index (χ2v) is 12.3. The fraction of sp³-hybridized carbons (Fsp3) is 0.220. The van der Waals surface area contributed by atoms with Crippen LogP contribution in [0.15, 0.2) is 133 Å². The molecule has 6 aromatic rings. The maximum absolute atomic E-state index is 9.73. The molecular weight excluding hydrogens is 568 g/mol. The van der Waals surface area contributed by atoms with Crippen molar-refractivity contribution in [1.82, 2.24) is 4.90 Å². The highest BCUT2D eigenvalue weighted by Crippen LogP contribution is 2.47. The highest BCUT2D eigenvalue weighted by atomic mass is 16.7. The molecule has 5 heteroatoms. The summed E-state index contributed by atoms with van der Waals surface area (Å²) in [7, 11) is 2.19. The van der Waals surface area contributed by atoms with Crippen LogP contribution < -0.4 is 5.73 Å². The van der Waals surface area contributed by atoms with Gasteiger partial charge in [-0.15, -0.1) is 0 Å². The summed E-state index contributed by atoms with van der Waals surface area (Å²) in [6.45, 7) is 1.96. The Labute approximate surface area is 270 Å².